The molecule has 0 bridgehead atoms. The first-order valence-corrected chi connectivity index (χ1v) is 6.63. The monoisotopic (exact) mass is 225 g/mol. The highest BCUT2D eigenvalue weighted by Gasteiger charge is 2.14. The molecule has 1 aromatic rings. The quantitative estimate of drug-likeness (QED) is 0.749. The molecule has 0 aliphatic carbocycles. The number of rotatable bonds is 6. The average Bonchev–Trinajstić information content (AvgIpc) is 2.60. The number of nitrogens with zero attached hydrogens (tertiary/aromatic N) is 2. The molecule has 1 saturated heterocycles. The van der Waals surface area contributed by atoms with Crippen molar-refractivity contribution in [2.24, 2.45) is 0 Å². The third-order valence-corrected chi connectivity index (χ3v) is 3.53. The van der Waals surface area contributed by atoms with Gasteiger partial charge in [0.15, 0.2) is 0 Å². The molecule has 1 aliphatic rings. The highest BCUT2D eigenvalue weighted by molar-refractivity contribution is 7.09. The van der Waals surface area contributed by atoms with E-state index < -0.39 is 0 Å². The minimum Gasteiger partial charge on any atom is -0.310 e. The minimum atomic E-state index is 0.929. The van der Waals surface area contributed by atoms with E-state index in [0.29, 0.717) is 0 Å². The van der Waals surface area contributed by atoms with E-state index in [0.717, 1.165) is 19.6 Å². The molecule has 0 amide bonds. The van der Waals surface area contributed by atoms with Gasteiger partial charge in [0, 0.05) is 18.5 Å². The fourth-order valence-corrected chi connectivity index (χ4v) is 2.40. The smallest absolute Gasteiger partial charge is 0.107 e. The van der Waals surface area contributed by atoms with Crippen molar-refractivity contribution in [2.75, 3.05) is 19.6 Å². The molecule has 0 spiro atoms. The second kappa shape index (κ2) is 5.58. The lowest BCUT2D eigenvalue weighted by molar-refractivity contribution is 0.170. The van der Waals surface area contributed by atoms with Crippen LogP contribution in [0.4, 0.5) is 0 Å². The van der Waals surface area contributed by atoms with Gasteiger partial charge in [-0.15, -0.1) is 11.3 Å². The van der Waals surface area contributed by atoms with Gasteiger partial charge in [-0.05, 0) is 32.5 Å². The van der Waals surface area contributed by atoms with Gasteiger partial charge in [0.05, 0.1) is 5.69 Å². The maximum atomic E-state index is 4.62. The summed E-state index contributed by atoms with van der Waals surface area (Å²) in [6.07, 6.45) is 2.54. The molecule has 1 aliphatic heterocycles. The summed E-state index contributed by atoms with van der Waals surface area (Å²) in [5, 5.41) is 6.80. The van der Waals surface area contributed by atoms with Gasteiger partial charge >= 0.3 is 0 Å². The average molecular weight is 225 g/mol. The minimum absolute atomic E-state index is 0.929. The summed E-state index contributed by atoms with van der Waals surface area (Å²) >= 11 is 1.78. The summed E-state index contributed by atoms with van der Waals surface area (Å²) in [5.74, 6) is 0. The van der Waals surface area contributed by atoms with E-state index in [1.54, 1.807) is 11.3 Å². The highest BCUT2D eigenvalue weighted by atomic mass is 32.1. The van der Waals surface area contributed by atoms with Gasteiger partial charge in [-0.1, -0.05) is 6.92 Å². The van der Waals surface area contributed by atoms with Crippen molar-refractivity contribution >= 4 is 11.3 Å². The van der Waals surface area contributed by atoms with Gasteiger partial charge in [0.1, 0.15) is 5.01 Å². The predicted octanol–water partition coefficient (Wildman–Crippen LogP) is 1.85. The summed E-state index contributed by atoms with van der Waals surface area (Å²) < 4.78 is 0. The molecule has 3 nitrogen and oxygen atoms in total. The first kappa shape index (κ1) is 11.0. The van der Waals surface area contributed by atoms with Crippen LogP contribution in [0.5, 0.6) is 0 Å². The summed E-state index contributed by atoms with van der Waals surface area (Å²) in [4.78, 5) is 7.06. The van der Waals surface area contributed by atoms with Crippen molar-refractivity contribution in [3.8, 4) is 0 Å². The summed E-state index contributed by atoms with van der Waals surface area (Å²) in [7, 11) is 0. The molecule has 1 N–H and O–H groups in total. The van der Waals surface area contributed by atoms with Crippen molar-refractivity contribution in [3.05, 3.63) is 16.1 Å². The van der Waals surface area contributed by atoms with Gasteiger partial charge in [0.25, 0.3) is 0 Å². The summed E-state index contributed by atoms with van der Waals surface area (Å²) in [5.41, 5.74) is 1.24. The van der Waals surface area contributed by atoms with E-state index in [4.69, 9.17) is 0 Å². The Hall–Kier alpha value is -0.450. The molecular weight excluding hydrogens is 206 g/mol. The van der Waals surface area contributed by atoms with Crippen LogP contribution >= 0.6 is 11.3 Å². The lowest BCUT2D eigenvalue weighted by Gasteiger charge is -2.29. The van der Waals surface area contributed by atoms with Crippen LogP contribution in [0.25, 0.3) is 0 Å². The fraction of sp³-hybridized carbons (Fsp3) is 0.727. The van der Waals surface area contributed by atoms with Crippen molar-refractivity contribution in [3.63, 3.8) is 0 Å². The summed E-state index contributed by atoms with van der Waals surface area (Å²) in [6, 6.07) is 0. The molecule has 84 valence electrons. The Kier molecular flexibility index (Phi) is 4.11. The Balaban J connectivity index is 1.75. The molecule has 0 aromatic carbocycles. The Morgan fingerprint density at radius 3 is 3.07 bits per heavy atom. The zero-order valence-electron chi connectivity index (χ0n) is 9.33. The van der Waals surface area contributed by atoms with Gasteiger partial charge in [-0.25, -0.2) is 4.98 Å². The maximum absolute atomic E-state index is 4.62. The van der Waals surface area contributed by atoms with Crippen LogP contribution in [0.2, 0.25) is 0 Å². The molecule has 0 unspecified atom stereocenters. The van der Waals surface area contributed by atoms with Crippen LogP contribution in [-0.2, 0) is 13.1 Å². The van der Waals surface area contributed by atoms with E-state index in [1.807, 2.05) is 0 Å². The number of likely N-dealkylation sites (tertiary alicyclic amines) is 1. The Morgan fingerprint density at radius 1 is 1.53 bits per heavy atom. The molecule has 0 atom stereocenters. The number of hydrogen-bond acceptors (Lipinski definition) is 4. The normalized spacial score (nSPS) is 16.6. The molecule has 0 saturated carbocycles. The Bertz CT molecular complexity index is 294. The van der Waals surface area contributed by atoms with Crippen LogP contribution in [0, 0.1) is 0 Å². The molecule has 2 heterocycles. The Morgan fingerprint density at radius 2 is 2.40 bits per heavy atom. The zero-order valence-corrected chi connectivity index (χ0v) is 10.1. The molecule has 4 heteroatoms. The highest BCUT2D eigenvalue weighted by Crippen LogP contribution is 2.15. The largest absolute Gasteiger partial charge is 0.310 e. The van der Waals surface area contributed by atoms with Crippen molar-refractivity contribution in [2.45, 2.75) is 32.9 Å². The SMILES string of the molecule is CCCNCc1nc(CN2CCC2)cs1. The number of hydrogen-bond donors (Lipinski definition) is 1. The second-order valence-corrected chi connectivity index (χ2v) is 4.98. The third kappa shape index (κ3) is 3.26. The van der Waals surface area contributed by atoms with Crippen LogP contribution in [0.3, 0.4) is 0 Å². The number of nitrogens with one attached hydrogen (secondary N) is 1. The van der Waals surface area contributed by atoms with Crippen LogP contribution in [-0.4, -0.2) is 29.5 Å². The predicted molar refractivity (Wildman–Crippen MR) is 64.0 cm³/mol. The van der Waals surface area contributed by atoms with E-state index in [1.165, 1.54) is 36.6 Å². The molecule has 15 heavy (non-hydrogen) atoms. The van der Waals surface area contributed by atoms with Gasteiger partial charge in [-0.2, -0.15) is 0 Å². The molecule has 2 rings (SSSR count). The number of aromatic nitrogens is 1. The standard InChI is InChI=1S/C11H19N3S/c1-2-4-12-7-11-13-10(9-15-11)8-14-5-3-6-14/h9,12H,2-8H2,1H3. The van der Waals surface area contributed by atoms with E-state index in [-0.39, 0.29) is 0 Å². The molecule has 1 fully saturated rings. The van der Waals surface area contributed by atoms with Crippen molar-refractivity contribution in [1.29, 1.82) is 0 Å². The first-order valence-electron chi connectivity index (χ1n) is 5.75. The third-order valence-electron chi connectivity index (χ3n) is 2.64. The molecule has 1 aromatic heterocycles. The van der Waals surface area contributed by atoms with Crippen LogP contribution in [0.15, 0.2) is 5.38 Å². The van der Waals surface area contributed by atoms with Gasteiger partial charge in [0.2, 0.25) is 0 Å². The van der Waals surface area contributed by atoms with Gasteiger partial charge in [-0.3, -0.25) is 4.90 Å². The zero-order chi connectivity index (χ0) is 10.5. The number of thiazole rings is 1. The lowest BCUT2D eigenvalue weighted by Crippen LogP contribution is -2.36. The topological polar surface area (TPSA) is 28.2 Å². The van der Waals surface area contributed by atoms with E-state index in [2.05, 4.69) is 27.5 Å². The Labute approximate surface area is 95.5 Å². The molecule has 0 radical (unpaired) electrons. The lowest BCUT2D eigenvalue weighted by atomic mass is 10.2. The first-order chi connectivity index (χ1) is 7.38. The van der Waals surface area contributed by atoms with Crippen LogP contribution < -0.4 is 5.32 Å². The fourth-order valence-electron chi connectivity index (χ4n) is 1.64. The van der Waals surface area contributed by atoms with E-state index >= 15 is 0 Å². The molecular formula is C11H19N3S. The van der Waals surface area contributed by atoms with Crippen molar-refractivity contribution < 1.29 is 0 Å². The van der Waals surface area contributed by atoms with E-state index in [9.17, 15) is 0 Å². The van der Waals surface area contributed by atoms with Gasteiger partial charge < -0.3 is 5.32 Å². The van der Waals surface area contributed by atoms with Crippen molar-refractivity contribution in [1.82, 2.24) is 15.2 Å². The summed E-state index contributed by atoms with van der Waals surface area (Å²) in [6.45, 7) is 7.75. The van der Waals surface area contributed by atoms with Crippen LogP contribution in [0.1, 0.15) is 30.5 Å². The maximum Gasteiger partial charge on any atom is 0.107 e. The second-order valence-electron chi connectivity index (χ2n) is 4.04.